The number of benzene rings is 2. The van der Waals surface area contributed by atoms with Crippen LogP contribution < -0.4 is 0 Å². The molecule has 5 heteroatoms. The molecule has 0 bridgehead atoms. The topological polar surface area (TPSA) is 36.7 Å². The monoisotopic (exact) mass is 462 g/mol. The number of aryl methyl sites for hydroxylation is 3. The Hall–Kier alpha value is -2.92. The van der Waals surface area contributed by atoms with Crippen molar-refractivity contribution in [1.29, 1.82) is 0 Å². The number of nitrogens with zero attached hydrogens (tertiary/aromatic N) is 2. The second-order valence-electron chi connectivity index (χ2n) is 9.93. The van der Waals surface area contributed by atoms with E-state index in [1.54, 1.807) is 12.1 Å². The lowest BCUT2D eigenvalue weighted by molar-refractivity contribution is 0.0668. The normalized spacial score (nSPS) is 18.6. The summed E-state index contributed by atoms with van der Waals surface area (Å²) in [6, 6.07) is 16.6. The van der Waals surface area contributed by atoms with Crippen molar-refractivity contribution < 1.29 is 13.6 Å². The Morgan fingerprint density at radius 2 is 1.76 bits per heavy atom. The first-order valence-corrected chi connectivity index (χ1v) is 12.1. The Kier molecular flexibility index (Phi) is 7.22. The summed E-state index contributed by atoms with van der Waals surface area (Å²) >= 11 is 0. The second kappa shape index (κ2) is 10.1. The molecule has 3 aromatic rings. The van der Waals surface area contributed by atoms with Gasteiger partial charge in [0, 0.05) is 37.2 Å². The van der Waals surface area contributed by atoms with Gasteiger partial charge in [0.1, 0.15) is 17.3 Å². The van der Waals surface area contributed by atoms with E-state index in [1.165, 1.54) is 28.8 Å². The lowest BCUT2D eigenvalue weighted by atomic mass is 9.86. The molecule has 4 nitrogen and oxygen atoms in total. The van der Waals surface area contributed by atoms with Gasteiger partial charge in [-0.25, -0.2) is 4.39 Å². The van der Waals surface area contributed by atoms with Crippen LogP contribution >= 0.6 is 0 Å². The number of carbonyl (C=O) groups is 1. The van der Waals surface area contributed by atoms with Crippen LogP contribution in [0.4, 0.5) is 4.39 Å². The third-order valence-corrected chi connectivity index (χ3v) is 7.11. The van der Waals surface area contributed by atoms with E-state index in [2.05, 4.69) is 49.1 Å². The van der Waals surface area contributed by atoms with E-state index in [4.69, 9.17) is 4.42 Å². The van der Waals surface area contributed by atoms with E-state index < -0.39 is 0 Å². The van der Waals surface area contributed by atoms with Crippen LogP contribution in [0.25, 0.3) is 0 Å². The van der Waals surface area contributed by atoms with E-state index in [-0.39, 0.29) is 23.7 Å². The highest BCUT2D eigenvalue weighted by Gasteiger charge is 2.37. The van der Waals surface area contributed by atoms with Crippen molar-refractivity contribution in [1.82, 2.24) is 9.80 Å². The maximum absolute atomic E-state index is 13.4. The number of likely N-dealkylation sites (tertiary alicyclic amines) is 1. The molecular formula is C29H35FN2O2. The SMILES string of the molecule is Cc1ccccc1[C@@H]1CN(Cc2cc(C)c(C)o2)C[C@@H]1CN(C(=O)c1ccc(F)cc1)C(C)C. The first-order valence-electron chi connectivity index (χ1n) is 12.1. The van der Waals surface area contributed by atoms with Gasteiger partial charge < -0.3 is 9.32 Å². The van der Waals surface area contributed by atoms with Gasteiger partial charge in [-0.1, -0.05) is 24.3 Å². The average Bonchev–Trinajstić information content (AvgIpc) is 3.33. The lowest BCUT2D eigenvalue weighted by Crippen LogP contribution is -2.42. The summed E-state index contributed by atoms with van der Waals surface area (Å²) in [5.74, 6) is 2.18. The first-order chi connectivity index (χ1) is 16.2. The summed E-state index contributed by atoms with van der Waals surface area (Å²) in [6.45, 7) is 13.6. The smallest absolute Gasteiger partial charge is 0.254 e. The van der Waals surface area contributed by atoms with Gasteiger partial charge in [0.05, 0.1) is 6.54 Å². The maximum atomic E-state index is 13.4. The van der Waals surface area contributed by atoms with Gasteiger partial charge in [0.2, 0.25) is 0 Å². The Labute approximate surface area is 202 Å². The Balaban J connectivity index is 1.59. The standard InChI is InChI=1S/C29H35FN2O2/c1-19(2)32(29(33)23-10-12-25(30)13-11-23)16-24-15-31(17-26-14-21(4)22(5)34-26)18-28(24)27-9-7-6-8-20(27)3/h6-14,19,24,28H,15-18H2,1-5H3/t24-,28-/m1/s1. The molecule has 1 amide bonds. The molecular weight excluding hydrogens is 427 g/mol. The van der Waals surface area contributed by atoms with Gasteiger partial charge in [0.25, 0.3) is 5.91 Å². The summed E-state index contributed by atoms with van der Waals surface area (Å²) in [7, 11) is 0. The van der Waals surface area contributed by atoms with Gasteiger partial charge in [-0.3, -0.25) is 9.69 Å². The Morgan fingerprint density at radius 3 is 2.38 bits per heavy atom. The first kappa shape index (κ1) is 24.2. The quantitative estimate of drug-likeness (QED) is 0.425. The van der Waals surface area contributed by atoms with Crippen LogP contribution in [0.15, 0.2) is 59.0 Å². The van der Waals surface area contributed by atoms with Crippen LogP contribution in [-0.2, 0) is 6.54 Å². The molecule has 1 aliphatic heterocycles. The number of furan rings is 1. The molecule has 4 rings (SSSR count). The number of carbonyl (C=O) groups excluding carboxylic acids is 1. The molecule has 0 unspecified atom stereocenters. The molecule has 1 fully saturated rings. The molecule has 1 aromatic heterocycles. The van der Waals surface area contributed by atoms with Crippen LogP contribution in [0.1, 0.15) is 58.3 Å². The van der Waals surface area contributed by atoms with Crippen LogP contribution in [0.2, 0.25) is 0 Å². The average molecular weight is 463 g/mol. The Morgan fingerprint density at radius 1 is 1.06 bits per heavy atom. The van der Waals surface area contributed by atoms with Crippen molar-refractivity contribution in [2.24, 2.45) is 5.92 Å². The zero-order valence-electron chi connectivity index (χ0n) is 20.8. The van der Waals surface area contributed by atoms with Crippen molar-refractivity contribution >= 4 is 5.91 Å². The van der Waals surface area contributed by atoms with Crippen LogP contribution in [0.3, 0.4) is 0 Å². The number of rotatable bonds is 7. The minimum atomic E-state index is -0.331. The van der Waals surface area contributed by atoms with E-state index in [0.717, 1.165) is 31.2 Å². The molecule has 0 aliphatic carbocycles. The molecule has 180 valence electrons. The fourth-order valence-corrected chi connectivity index (χ4v) is 5.12. The summed E-state index contributed by atoms with van der Waals surface area (Å²) in [6.07, 6.45) is 0. The zero-order chi connectivity index (χ0) is 24.4. The highest BCUT2D eigenvalue weighted by molar-refractivity contribution is 5.94. The third kappa shape index (κ3) is 5.25. The van der Waals surface area contributed by atoms with Crippen molar-refractivity contribution in [2.45, 2.75) is 53.1 Å². The van der Waals surface area contributed by atoms with Gasteiger partial charge in [0.15, 0.2) is 0 Å². The highest BCUT2D eigenvalue weighted by Crippen LogP contribution is 2.36. The van der Waals surface area contributed by atoms with Gasteiger partial charge >= 0.3 is 0 Å². The van der Waals surface area contributed by atoms with Crippen LogP contribution in [-0.4, -0.2) is 41.4 Å². The Bertz CT molecular complexity index is 1120. The van der Waals surface area contributed by atoms with Crippen LogP contribution in [0, 0.1) is 32.5 Å². The van der Waals surface area contributed by atoms with Crippen molar-refractivity contribution in [3.63, 3.8) is 0 Å². The minimum Gasteiger partial charge on any atom is -0.465 e. The molecule has 2 aromatic carbocycles. The minimum absolute atomic E-state index is 0.0412. The van der Waals surface area contributed by atoms with Gasteiger partial charge in [-0.2, -0.15) is 0 Å². The summed E-state index contributed by atoms with van der Waals surface area (Å²) in [4.78, 5) is 17.8. The lowest BCUT2D eigenvalue weighted by Gasteiger charge is -2.32. The van der Waals surface area contributed by atoms with E-state index in [1.807, 2.05) is 25.7 Å². The summed E-state index contributed by atoms with van der Waals surface area (Å²) in [5, 5.41) is 0. The van der Waals surface area contributed by atoms with Gasteiger partial charge in [-0.15, -0.1) is 0 Å². The molecule has 0 saturated carbocycles. The van der Waals surface area contributed by atoms with Crippen molar-refractivity contribution in [2.75, 3.05) is 19.6 Å². The summed E-state index contributed by atoms with van der Waals surface area (Å²) < 4.78 is 19.4. The molecule has 0 radical (unpaired) electrons. The molecule has 1 aliphatic rings. The molecule has 1 saturated heterocycles. The number of hydrogen-bond donors (Lipinski definition) is 0. The predicted molar refractivity (Wildman–Crippen MR) is 133 cm³/mol. The number of amides is 1. The van der Waals surface area contributed by atoms with Crippen molar-refractivity contribution in [3.8, 4) is 0 Å². The zero-order valence-corrected chi connectivity index (χ0v) is 20.8. The molecule has 2 heterocycles. The largest absolute Gasteiger partial charge is 0.465 e. The second-order valence-corrected chi connectivity index (χ2v) is 9.93. The fraction of sp³-hybridized carbons (Fsp3) is 0.414. The number of halogens is 1. The van der Waals surface area contributed by atoms with Crippen LogP contribution in [0.5, 0.6) is 0 Å². The van der Waals surface area contributed by atoms with Crippen molar-refractivity contribution in [3.05, 3.63) is 94.2 Å². The maximum Gasteiger partial charge on any atom is 0.254 e. The molecule has 0 N–H and O–H groups in total. The van der Waals surface area contributed by atoms with E-state index in [9.17, 15) is 9.18 Å². The molecule has 34 heavy (non-hydrogen) atoms. The predicted octanol–water partition coefficient (Wildman–Crippen LogP) is 6.11. The fourth-order valence-electron chi connectivity index (χ4n) is 5.12. The molecule has 2 atom stereocenters. The highest BCUT2D eigenvalue weighted by atomic mass is 19.1. The van der Waals surface area contributed by atoms with E-state index >= 15 is 0 Å². The van der Waals surface area contributed by atoms with Gasteiger partial charge in [-0.05, 0) is 87.6 Å². The molecule has 0 spiro atoms. The number of hydrogen-bond acceptors (Lipinski definition) is 3. The van der Waals surface area contributed by atoms with E-state index in [0.29, 0.717) is 18.0 Å². The summed E-state index contributed by atoms with van der Waals surface area (Å²) in [5.41, 5.74) is 4.33. The third-order valence-electron chi connectivity index (χ3n) is 7.11.